The highest BCUT2D eigenvalue weighted by atomic mass is 16.5. The van der Waals surface area contributed by atoms with Gasteiger partial charge in [-0.25, -0.2) is 0 Å². The first-order chi connectivity index (χ1) is 15.0. The van der Waals surface area contributed by atoms with Gasteiger partial charge >= 0.3 is 11.9 Å². The fourth-order valence-electron chi connectivity index (χ4n) is 3.48. The fourth-order valence-corrected chi connectivity index (χ4v) is 3.48. The van der Waals surface area contributed by atoms with E-state index in [0.29, 0.717) is 24.3 Å². The minimum atomic E-state index is -1.14. The Morgan fingerprint density at radius 1 is 1.19 bits per heavy atom. The average Bonchev–Trinajstić information content (AvgIpc) is 2.89. The zero-order chi connectivity index (χ0) is 22.2. The third kappa shape index (κ3) is 5.82. The molecule has 0 aromatic heterocycles. The van der Waals surface area contributed by atoms with Gasteiger partial charge in [0.2, 0.25) is 5.91 Å². The Hall–Kier alpha value is -3.39. The standard InChI is InChI=1S/C23H26N2O6/c1-2-30-23(29)17(13-12-16-8-4-3-5-9-16)24-18-15-31-20-11-7-6-10-19(20)25(22(18)28)14-21(26)27/h3-11,17-18,24H,2,12-15H2,1H3,(H,26,27)/t17-,18-/m0/s1. The Balaban J connectivity index is 1.79. The largest absolute Gasteiger partial charge is 0.489 e. The first kappa shape index (κ1) is 22.3. The molecule has 1 aliphatic heterocycles. The lowest BCUT2D eigenvalue weighted by molar-refractivity contribution is -0.146. The molecule has 0 unspecified atom stereocenters. The molecule has 164 valence electrons. The summed E-state index contributed by atoms with van der Waals surface area (Å²) in [7, 11) is 0. The molecule has 3 rings (SSSR count). The molecule has 2 atom stereocenters. The molecule has 1 amide bonds. The number of nitrogens with zero attached hydrogens (tertiary/aromatic N) is 1. The molecule has 1 heterocycles. The highest BCUT2D eigenvalue weighted by Crippen LogP contribution is 2.31. The third-order valence-electron chi connectivity index (χ3n) is 4.96. The summed E-state index contributed by atoms with van der Waals surface area (Å²) in [5.74, 6) is -1.66. The molecule has 0 saturated carbocycles. The van der Waals surface area contributed by atoms with Crippen LogP contribution in [0.3, 0.4) is 0 Å². The number of carbonyl (C=O) groups is 3. The molecule has 0 bridgehead atoms. The fraction of sp³-hybridized carbons (Fsp3) is 0.348. The lowest BCUT2D eigenvalue weighted by atomic mass is 10.0. The normalized spacial score (nSPS) is 16.6. The van der Waals surface area contributed by atoms with Crippen molar-refractivity contribution in [2.45, 2.75) is 31.8 Å². The molecule has 31 heavy (non-hydrogen) atoms. The van der Waals surface area contributed by atoms with Crippen LogP contribution >= 0.6 is 0 Å². The summed E-state index contributed by atoms with van der Waals surface area (Å²) in [6.45, 7) is 1.39. The first-order valence-corrected chi connectivity index (χ1v) is 10.2. The van der Waals surface area contributed by atoms with Crippen molar-refractivity contribution in [3.05, 3.63) is 60.2 Å². The van der Waals surface area contributed by atoms with E-state index in [1.165, 1.54) is 4.90 Å². The third-order valence-corrected chi connectivity index (χ3v) is 4.96. The predicted octanol–water partition coefficient (Wildman–Crippen LogP) is 2.02. The minimum absolute atomic E-state index is 0.0345. The van der Waals surface area contributed by atoms with Crippen LogP contribution in [0.4, 0.5) is 5.69 Å². The molecule has 0 saturated heterocycles. The molecule has 1 aliphatic rings. The van der Waals surface area contributed by atoms with Gasteiger partial charge in [0.1, 0.15) is 31.0 Å². The number of amides is 1. The number of aryl methyl sites for hydroxylation is 1. The van der Waals surface area contributed by atoms with Gasteiger partial charge in [-0.2, -0.15) is 0 Å². The number of esters is 1. The smallest absolute Gasteiger partial charge is 0.323 e. The van der Waals surface area contributed by atoms with Crippen LogP contribution < -0.4 is 15.0 Å². The summed E-state index contributed by atoms with van der Waals surface area (Å²) in [4.78, 5) is 38.3. The SMILES string of the molecule is CCOC(=O)[C@H](CCc1ccccc1)N[C@H]1COc2ccccc2N(CC(=O)O)C1=O. The quantitative estimate of drug-likeness (QED) is 0.591. The Labute approximate surface area is 180 Å². The van der Waals surface area contributed by atoms with Gasteiger partial charge in [0.25, 0.3) is 0 Å². The maximum atomic E-state index is 13.2. The van der Waals surface area contributed by atoms with E-state index in [4.69, 9.17) is 9.47 Å². The van der Waals surface area contributed by atoms with Crippen LogP contribution in [0.15, 0.2) is 54.6 Å². The van der Waals surface area contributed by atoms with Crippen LogP contribution in [0.2, 0.25) is 0 Å². The summed E-state index contributed by atoms with van der Waals surface area (Å²) >= 11 is 0. The van der Waals surface area contributed by atoms with Crippen molar-refractivity contribution in [1.82, 2.24) is 5.32 Å². The zero-order valence-corrected chi connectivity index (χ0v) is 17.3. The Morgan fingerprint density at radius 3 is 2.61 bits per heavy atom. The van der Waals surface area contributed by atoms with Crippen molar-refractivity contribution in [2.24, 2.45) is 0 Å². The van der Waals surface area contributed by atoms with Crippen LogP contribution in [0.5, 0.6) is 5.75 Å². The van der Waals surface area contributed by atoms with Gasteiger partial charge in [0.05, 0.1) is 12.3 Å². The summed E-state index contributed by atoms with van der Waals surface area (Å²) in [5, 5.41) is 12.4. The number of carboxylic acid groups (broad SMARTS) is 1. The van der Waals surface area contributed by atoms with Crippen LogP contribution in [0, 0.1) is 0 Å². The molecule has 0 spiro atoms. The van der Waals surface area contributed by atoms with Crippen molar-refractivity contribution >= 4 is 23.5 Å². The van der Waals surface area contributed by atoms with Crippen molar-refractivity contribution in [1.29, 1.82) is 0 Å². The number of rotatable bonds is 9. The molecule has 0 fully saturated rings. The lowest BCUT2D eigenvalue weighted by Crippen LogP contribution is -2.55. The summed E-state index contributed by atoms with van der Waals surface area (Å²) < 4.78 is 11.0. The van der Waals surface area contributed by atoms with E-state index in [-0.39, 0.29) is 13.2 Å². The molecule has 2 aromatic carbocycles. The van der Waals surface area contributed by atoms with Crippen molar-refractivity contribution < 1.29 is 29.0 Å². The van der Waals surface area contributed by atoms with Gasteiger partial charge in [-0.05, 0) is 37.5 Å². The second-order valence-corrected chi connectivity index (χ2v) is 7.15. The summed E-state index contributed by atoms with van der Waals surface area (Å²) in [5.41, 5.74) is 1.44. The number of ether oxygens (including phenoxy) is 2. The van der Waals surface area contributed by atoms with E-state index in [2.05, 4.69) is 5.32 Å². The summed E-state index contributed by atoms with van der Waals surface area (Å²) in [6, 6.07) is 14.8. The van der Waals surface area contributed by atoms with E-state index in [1.807, 2.05) is 30.3 Å². The van der Waals surface area contributed by atoms with E-state index in [1.54, 1.807) is 31.2 Å². The molecule has 8 heteroatoms. The number of carbonyl (C=O) groups excluding carboxylic acids is 2. The number of nitrogens with one attached hydrogen (secondary N) is 1. The zero-order valence-electron chi connectivity index (χ0n) is 17.3. The number of carboxylic acids is 1. The van der Waals surface area contributed by atoms with Gasteiger partial charge in [-0.3, -0.25) is 24.6 Å². The number of fused-ring (bicyclic) bond motifs is 1. The number of hydrogen-bond acceptors (Lipinski definition) is 6. The number of aliphatic carboxylic acids is 1. The molecule has 0 radical (unpaired) electrons. The predicted molar refractivity (Wildman–Crippen MR) is 114 cm³/mol. The van der Waals surface area contributed by atoms with Crippen LogP contribution in [-0.4, -0.2) is 54.8 Å². The number of para-hydroxylation sites is 2. The minimum Gasteiger partial charge on any atom is -0.489 e. The number of hydrogen-bond donors (Lipinski definition) is 2. The van der Waals surface area contributed by atoms with Crippen LogP contribution in [0.25, 0.3) is 0 Å². The van der Waals surface area contributed by atoms with E-state index < -0.39 is 36.5 Å². The first-order valence-electron chi connectivity index (χ1n) is 10.2. The van der Waals surface area contributed by atoms with Gasteiger partial charge in [-0.15, -0.1) is 0 Å². The highest BCUT2D eigenvalue weighted by Gasteiger charge is 2.35. The molecule has 8 nitrogen and oxygen atoms in total. The molecule has 2 N–H and O–H groups in total. The van der Waals surface area contributed by atoms with E-state index in [0.717, 1.165) is 5.56 Å². The Bertz CT molecular complexity index is 917. The van der Waals surface area contributed by atoms with Crippen LogP contribution in [0.1, 0.15) is 18.9 Å². The topological polar surface area (TPSA) is 105 Å². The maximum absolute atomic E-state index is 13.2. The van der Waals surface area contributed by atoms with Crippen molar-refractivity contribution in [3.8, 4) is 5.75 Å². The van der Waals surface area contributed by atoms with E-state index in [9.17, 15) is 19.5 Å². The molecular weight excluding hydrogens is 400 g/mol. The molecular formula is C23H26N2O6. The average molecular weight is 426 g/mol. The Morgan fingerprint density at radius 2 is 1.90 bits per heavy atom. The second-order valence-electron chi connectivity index (χ2n) is 7.15. The van der Waals surface area contributed by atoms with Gasteiger partial charge in [0.15, 0.2) is 0 Å². The van der Waals surface area contributed by atoms with Gasteiger partial charge in [-0.1, -0.05) is 42.5 Å². The molecule has 0 aliphatic carbocycles. The highest BCUT2D eigenvalue weighted by molar-refractivity contribution is 6.02. The van der Waals surface area contributed by atoms with Crippen LogP contribution in [-0.2, 0) is 25.5 Å². The summed E-state index contributed by atoms with van der Waals surface area (Å²) in [6.07, 6.45) is 1.02. The lowest BCUT2D eigenvalue weighted by Gasteiger charge is -2.26. The maximum Gasteiger partial charge on any atom is 0.323 e. The monoisotopic (exact) mass is 426 g/mol. The number of benzene rings is 2. The van der Waals surface area contributed by atoms with Crippen molar-refractivity contribution in [3.63, 3.8) is 0 Å². The Kier molecular flexibility index (Phi) is 7.61. The van der Waals surface area contributed by atoms with Gasteiger partial charge < -0.3 is 14.6 Å². The molecule has 2 aromatic rings. The van der Waals surface area contributed by atoms with Gasteiger partial charge in [0, 0.05) is 0 Å². The van der Waals surface area contributed by atoms with E-state index >= 15 is 0 Å². The number of anilines is 1. The van der Waals surface area contributed by atoms with Crippen molar-refractivity contribution in [2.75, 3.05) is 24.7 Å². The second kappa shape index (κ2) is 10.6.